The number of aromatic nitrogens is 4. The molecule has 0 N–H and O–H groups in total. The van der Waals surface area contributed by atoms with E-state index < -0.39 is 0 Å². The van der Waals surface area contributed by atoms with Crippen molar-refractivity contribution in [2.45, 2.75) is 45.2 Å². The van der Waals surface area contributed by atoms with Gasteiger partial charge in [-0.2, -0.15) is 14.9 Å². The molecule has 0 bridgehead atoms. The SMILES string of the molecule is CCC1CCCCN1c1ccn2c(=O)n(CC#N)nc2n1. The molecule has 1 unspecified atom stereocenters. The molecule has 1 saturated heterocycles. The summed E-state index contributed by atoms with van der Waals surface area (Å²) < 4.78 is 2.52. The van der Waals surface area contributed by atoms with Gasteiger partial charge in [-0.25, -0.2) is 9.20 Å². The van der Waals surface area contributed by atoms with Crippen molar-refractivity contribution >= 4 is 11.6 Å². The van der Waals surface area contributed by atoms with Gasteiger partial charge in [0.15, 0.2) is 0 Å². The van der Waals surface area contributed by atoms with Crippen LogP contribution in [-0.4, -0.2) is 31.8 Å². The van der Waals surface area contributed by atoms with Gasteiger partial charge >= 0.3 is 5.69 Å². The lowest BCUT2D eigenvalue weighted by Crippen LogP contribution is -2.39. The highest BCUT2D eigenvalue weighted by Gasteiger charge is 2.22. The van der Waals surface area contributed by atoms with Gasteiger partial charge in [0, 0.05) is 18.8 Å². The van der Waals surface area contributed by atoms with Gasteiger partial charge in [-0.3, -0.25) is 0 Å². The van der Waals surface area contributed by atoms with Gasteiger partial charge in [0.1, 0.15) is 12.4 Å². The number of rotatable bonds is 3. The van der Waals surface area contributed by atoms with E-state index in [1.807, 2.05) is 12.1 Å². The van der Waals surface area contributed by atoms with Crippen LogP contribution in [0.2, 0.25) is 0 Å². The third-order valence-corrected chi connectivity index (χ3v) is 4.05. The van der Waals surface area contributed by atoms with Crippen LogP contribution in [0.4, 0.5) is 5.82 Å². The van der Waals surface area contributed by atoms with Crippen molar-refractivity contribution in [3.05, 3.63) is 22.7 Å². The van der Waals surface area contributed by atoms with Crippen LogP contribution >= 0.6 is 0 Å². The van der Waals surface area contributed by atoms with E-state index in [4.69, 9.17) is 5.26 Å². The van der Waals surface area contributed by atoms with Gasteiger partial charge in [-0.1, -0.05) is 6.92 Å². The Morgan fingerprint density at radius 1 is 1.48 bits per heavy atom. The Morgan fingerprint density at radius 2 is 2.33 bits per heavy atom. The summed E-state index contributed by atoms with van der Waals surface area (Å²) in [5.41, 5.74) is -0.323. The predicted molar refractivity (Wildman–Crippen MR) is 78.1 cm³/mol. The maximum atomic E-state index is 12.0. The van der Waals surface area contributed by atoms with Crippen LogP contribution in [0.5, 0.6) is 0 Å². The summed E-state index contributed by atoms with van der Waals surface area (Å²) >= 11 is 0. The molecule has 0 radical (unpaired) electrons. The first-order valence-corrected chi connectivity index (χ1v) is 7.34. The van der Waals surface area contributed by atoms with Crippen molar-refractivity contribution in [1.29, 1.82) is 5.26 Å². The monoisotopic (exact) mass is 286 g/mol. The second-order valence-electron chi connectivity index (χ2n) is 5.31. The number of fused-ring (bicyclic) bond motifs is 1. The second kappa shape index (κ2) is 5.56. The fourth-order valence-electron chi connectivity index (χ4n) is 2.95. The number of hydrogen-bond donors (Lipinski definition) is 0. The number of nitriles is 1. The Balaban J connectivity index is 2.01. The van der Waals surface area contributed by atoms with Crippen molar-refractivity contribution in [3.63, 3.8) is 0 Å². The summed E-state index contributed by atoms with van der Waals surface area (Å²) in [4.78, 5) is 18.8. The Hall–Kier alpha value is -2.36. The molecule has 1 atom stereocenters. The number of nitrogens with zero attached hydrogens (tertiary/aromatic N) is 6. The molecule has 0 saturated carbocycles. The van der Waals surface area contributed by atoms with E-state index in [2.05, 4.69) is 21.9 Å². The van der Waals surface area contributed by atoms with E-state index >= 15 is 0 Å². The number of anilines is 1. The van der Waals surface area contributed by atoms with Crippen LogP contribution < -0.4 is 10.6 Å². The van der Waals surface area contributed by atoms with Gasteiger partial charge in [0.05, 0.1) is 6.07 Å². The fourth-order valence-corrected chi connectivity index (χ4v) is 2.95. The van der Waals surface area contributed by atoms with Gasteiger partial charge in [-0.05, 0) is 31.7 Å². The average molecular weight is 286 g/mol. The van der Waals surface area contributed by atoms with Crippen molar-refractivity contribution in [1.82, 2.24) is 19.2 Å². The summed E-state index contributed by atoms with van der Waals surface area (Å²) in [6, 6.07) is 4.29. The van der Waals surface area contributed by atoms with E-state index in [9.17, 15) is 4.79 Å². The zero-order valence-electron chi connectivity index (χ0n) is 12.1. The summed E-state index contributed by atoms with van der Waals surface area (Å²) in [5.74, 6) is 1.22. The molecular formula is C14H18N6O. The number of hydrogen-bond acceptors (Lipinski definition) is 5. The third kappa shape index (κ3) is 2.37. The molecule has 21 heavy (non-hydrogen) atoms. The van der Waals surface area contributed by atoms with Gasteiger partial charge in [0.25, 0.3) is 5.78 Å². The standard InChI is InChI=1S/C14H18N6O/c1-2-11-5-3-4-8-18(11)12-6-9-19-13(16-12)17-20(10-7-15)14(19)21/h6,9,11H,2-5,8,10H2,1H3. The summed E-state index contributed by atoms with van der Waals surface area (Å²) in [5, 5.41) is 12.8. The van der Waals surface area contributed by atoms with Crippen molar-refractivity contribution < 1.29 is 0 Å². The molecule has 1 fully saturated rings. The molecule has 110 valence electrons. The quantitative estimate of drug-likeness (QED) is 0.846. The Bertz CT molecular complexity index is 740. The zero-order chi connectivity index (χ0) is 14.8. The minimum absolute atomic E-state index is 0.0567. The van der Waals surface area contributed by atoms with E-state index in [1.54, 1.807) is 6.20 Å². The predicted octanol–water partition coefficient (Wildman–Crippen LogP) is 1.18. The summed E-state index contributed by atoms with van der Waals surface area (Å²) in [6.07, 6.45) is 6.39. The maximum Gasteiger partial charge on any atom is 0.352 e. The highest BCUT2D eigenvalue weighted by molar-refractivity contribution is 5.45. The molecule has 1 aliphatic heterocycles. The lowest BCUT2D eigenvalue weighted by atomic mass is 10.0. The first-order valence-electron chi connectivity index (χ1n) is 7.34. The molecule has 0 aromatic carbocycles. The maximum absolute atomic E-state index is 12.0. The molecule has 7 nitrogen and oxygen atoms in total. The Morgan fingerprint density at radius 3 is 3.10 bits per heavy atom. The van der Waals surface area contributed by atoms with Crippen LogP contribution in [0.3, 0.4) is 0 Å². The van der Waals surface area contributed by atoms with E-state index in [0.717, 1.165) is 23.5 Å². The average Bonchev–Trinajstić information content (AvgIpc) is 2.83. The second-order valence-corrected chi connectivity index (χ2v) is 5.31. The smallest absolute Gasteiger partial charge is 0.352 e. The van der Waals surface area contributed by atoms with Crippen LogP contribution in [0, 0.1) is 11.3 Å². The molecule has 3 rings (SSSR count). The van der Waals surface area contributed by atoms with Crippen molar-refractivity contribution in [2.75, 3.05) is 11.4 Å². The fraction of sp³-hybridized carbons (Fsp3) is 0.571. The number of piperidine rings is 1. The molecule has 0 aliphatic carbocycles. The van der Waals surface area contributed by atoms with Gasteiger partial charge in [0.2, 0.25) is 0 Å². The Labute approximate surface area is 122 Å². The van der Waals surface area contributed by atoms with E-state index in [-0.39, 0.29) is 12.2 Å². The highest BCUT2D eigenvalue weighted by Crippen LogP contribution is 2.24. The molecule has 2 aromatic heterocycles. The van der Waals surface area contributed by atoms with E-state index in [1.165, 1.54) is 23.7 Å². The first kappa shape index (κ1) is 13.6. The van der Waals surface area contributed by atoms with Crippen LogP contribution in [-0.2, 0) is 6.54 Å². The minimum atomic E-state index is -0.323. The molecule has 1 aliphatic rings. The molecule has 0 amide bonds. The zero-order valence-corrected chi connectivity index (χ0v) is 12.1. The van der Waals surface area contributed by atoms with Gasteiger partial charge in [-0.15, -0.1) is 5.10 Å². The Kier molecular flexibility index (Phi) is 3.60. The van der Waals surface area contributed by atoms with E-state index in [0.29, 0.717) is 11.8 Å². The van der Waals surface area contributed by atoms with Crippen LogP contribution in [0.15, 0.2) is 17.1 Å². The largest absolute Gasteiger partial charge is 0.353 e. The first-order chi connectivity index (χ1) is 10.2. The van der Waals surface area contributed by atoms with Crippen LogP contribution in [0.25, 0.3) is 5.78 Å². The third-order valence-electron chi connectivity index (χ3n) is 4.05. The van der Waals surface area contributed by atoms with Crippen molar-refractivity contribution in [2.24, 2.45) is 0 Å². The lowest BCUT2D eigenvalue weighted by Gasteiger charge is -2.36. The van der Waals surface area contributed by atoms with Gasteiger partial charge < -0.3 is 4.90 Å². The molecule has 0 spiro atoms. The normalized spacial score (nSPS) is 18.9. The highest BCUT2D eigenvalue weighted by atomic mass is 16.2. The molecule has 2 aromatic rings. The summed E-state index contributed by atoms with van der Waals surface area (Å²) in [6.45, 7) is 3.12. The van der Waals surface area contributed by atoms with Crippen LogP contribution in [0.1, 0.15) is 32.6 Å². The topological polar surface area (TPSA) is 79.2 Å². The minimum Gasteiger partial charge on any atom is -0.353 e. The van der Waals surface area contributed by atoms with Crippen molar-refractivity contribution in [3.8, 4) is 6.07 Å². The molecular weight excluding hydrogens is 268 g/mol. The molecule has 3 heterocycles. The lowest BCUT2D eigenvalue weighted by molar-refractivity contribution is 0.447. The summed E-state index contributed by atoms with van der Waals surface area (Å²) in [7, 11) is 0. The molecule has 7 heteroatoms.